The maximum Gasteiger partial charge on any atom is 0.242 e. The van der Waals surface area contributed by atoms with Crippen molar-refractivity contribution in [2.24, 2.45) is 5.92 Å². The van der Waals surface area contributed by atoms with Gasteiger partial charge in [0.25, 0.3) is 0 Å². The van der Waals surface area contributed by atoms with Gasteiger partial charge in [0.2, 0.25) is 5.91 Å². The number of nitrogens with one attached hydrogen (secondary N) is 1. The van der Waals surface area contributed by atoms with Crippen molar-refractivity contribution in [1.82, 2.24) is 4.98 Å². The van der Waals surface area contributed by atoms with Gasteiger partial charge in [-0.25, -0.2) is 4.39 Å². The summed E-state index contributed by atoms with van der Waals surface area (Å²) in [6.07, 6.45) is 3.45. The summed E-state index contributed by atoms with van der Waals surface area (Å²) in [5.74, 6) is -1.92. The average molecular weight is 269 g/mol. The van der Waals surface area contributed by atoms with Crippen molar-refractivity contribution in [2.45, 2.75) is 6.42 Å². The minimum absolute atomic E-state index is 0.0764. The molecule has 100 valence electrons. The lowest BCUT2D eigenvalue weighted by Gasteiger charge is -2.10. The first-order chi connectivity index (χ1) is 9.70. The second-order valence-electron chi connectivity index (χ2n) is 4.21. The number of carbonyl (C=O) groups excluding carboxylic acids is 1. The standard InChI is InChI=1S/C15H12FN3O/c16-13-3-1-2-4-14(13)19-15(20)12(10-17)9-11-5-7-18-8-6-11/h1-8,12H,9H2,(H,19,20)/t12-/m1/s1. The highest BCUT2D eigenvalue weighted by Gasteiger charge is 2.19. The van der Waals surface area contributed by atoms with Crippen LogP contribution in [0.15, 0.2) is 48.8 Å². The van der Waals surface area contributed by atoms with Gasteiger partial charge in [-0.2, -0.15) is 5.26 Å². The van der Waals surface area contributed by atoms with Gasteiger partial charge in [-0.15, -0.1) is 0 Å². The number of nitrogens with zero attached hydrogens (tertiary/aromatic N) is 2. The Bertz CT molecular complexity index is 637. The maximum atomic E-state index is 13.4. The van der Waals surface area contributed by atoms with Crippen LogP contribution in [-0.2, 0) is 11.2 Å². The first kappa shape index (κ1) is 13.7. The monoisotopic (exact) mass is 269 g/mol. The summed E-state index contributed by atoms with van der Waals surface area (Å²) < 4.78 is 13.4. The molecule has 1 amide bonds. The third-order valence-electron chi connectivity index (χ3n) is 2.79. The van der Waals surface area contributed by atoms with Gasteiger partial charge >= 0.3 is 0 Å². The zero-order valence-electron chi connectivity index (χ0n) is 10.6. The molecular weight excluding hydrogens is 257 g/mol. The molecule has 2 rings (SSSR count). The highest BCUT2D eigenvalue weighted by Crippen LogP contribution is 2.15. The Morgan fingerprint density at radius 1 is 1.30 bits per heavy atom. The Kier molecular flexibility index (Phi) is 4.40. The minimum Gasteiger partial charge on any atom is -0.322 e. The molecule has 0 bridgehead atoms. The van der Waals surface area contributed by atoms with Crippen LogP contribution in [0.1, 0.15) is 5.56 Å². The van der Waals surface area contributed by atoms with Crippen molar-refractivity contribution in [1.29, 1.82) is 5.26 Å². The Balaban J connectivity index is 2.07. The van der Waals surface area contributed by atoms with E-state index in [1.165, 1.54) is 18.2 Å². The highest BCUT2D eigenvalue weighted by atomic mass is 19.1. The van der Waals surface area contributed by atoms with Crippen molar-refractivity contribution in [3.05, 3.63) is 60.2 Å². The van der Waals surface area contributed by atoms with Crippen molar-refractivity contribution in [3.8, 4) is 6.07 Å². The van der Waals surface area contributed by atoms with Gasteiger partial charge in [0.15, 0.2) is 0 Å². The van der Waals surface area contributed by atoms with E-state index in [1.807, 2.05) is 6.07 Å². The summed E-state index contributed by atoms with van der Waals surface area (Å²) in [4.78, 5) is 15.9. The number of pyridine rings is 1. The lowest BCUT2D eigenvalue weighted by molar-refractivity contribution is -0.118. The number of anilines is 1. The fourth-order valence-electron chi connectivity index (χ4n) is 1.73. The van der Waals surface area contributed by atoms with E-state index in [1.54, 1.807) is 30.6 Å². The number of amides is 1. The third-order valence-corrected chi connectivity index (χ3v) is 2.79. The van der Waals surface area contributed by atoms with E-state index < -0.39 is 17.6 Å². The van der Waals surface area contributed by atoms with E-state index in [-0.39, 0.29) is 12.1 Å². The van der Waals surface area contributed by atoms with Gasteiger partial charge < -0.3 is 5.32 Å². The molecule has 0 spiro atoms. The molecule has 0 fully saturated rings. The van der Waals surface area contributed by atoms with Gasteiger partial charge in [0, 0.05) is 12.4 Å². The number of benzene rings is 1. The number of hydrogen-bond donors (Lipinski definition) is 1. The summed E-state index contributed by atoms with van der Waals surface area (Å²) in [5, 5.41) is 11.5. The van der Waals surface area contributed by atoms with Gasteiger partial charge in [0.05, 0.1) is 11.8 Å². The number of rotatable bonds is 4. The average Bonchev–Trinajstić information content (AvgIpc) is 2.48. The molecule has 0 radical (unpaired) electrons. The molecule has 1 aromatic carbocycles. The minimum atomic E-state index is -0.878. The van der Waals surface area contributed by atoms with Crippen molar-refractivity contribution >= 4 is 11.6 Å². The molecule has 0 saturated heterocycles. The first-order valence-electron chi connectivity index (χ1n) is 6.04. The van der Waals surface area contributed by atoms with Gasteiger partial charge in [-0.05, 0) is 36.2 Å². The zero-order valence-corrected chi connectivity index (χ0v) is 10.6. The Morgan fingerprint density at radius 2 is 2.00 bits per heavy atom. The lowest BCUT2D eigenvalue weighted by Crippen LogP contribution is -2.24. The largest absolute Gasteiger partial charge is 0.322 e. The fraction of sp³-hybridized carbons (Fsp3) is 0.133. The predicted octanol–water partition coefficient (Wildman–Crippen LogP) is 2.54. The van der Waals surface area contributed by atoms with Crippen LogP contribution in [-0.4, -0.2) is 10.9 Å². The highest BCUT2D eigenvalue weighted by molar-refractivity contribution is 5.94. The summed E-state index contributed by atoms with van der Waals surface area (Å²) in [6, 6.07) is 11.3. The normalized spacial score (nSPS) is 11.4. The van der Waals surface area contributed by atoms with Crippen molar-refractivity contribution in [2.75, 3.05) is 5.32 Å². The van der Waals surface area contributed by atoms with E-state index in [0.29, 0.717) is 0 Å². The SMILES string of the molecule is N#C[C@@H](Cc1ccncc1)C(=O)Nc1ccccc1F. The topological polar surface area (TPSA) is 65.8 Å². The van der Waals surface area contributed by atoms with Crippen LogP contribution in [0.4, 0.5) is 10.1 Å². The summed E-state index contributed by atoms with van der Waals surface area (Å²) in [5.41, 5.74) is 0.905. The molecule has 1 atom stereocenters. The zero-order chi connectivity index (χ0) is 14.4. The summed E-state index contributed by atoms with van der Waals surface area (Å²) >= 11 is 0. The first-order valence-corrected chi connectivity index (χ1v) is 6.04. The molecule has 0 aliphatic heterocycles. The van der Waals surface area contributed by atoms with Gasteiger partial charge in [-0.1, -0.05) is 12.1 Å². The Morgan fingerprint density at radius 3 is 2.65 bits per heavy atom. The maximum absolute atomic E-state index is 13.4. The second kappa shape index (κ2) is 6.43. The lowest BCUT2D eigenvalue weighted by atomic mass is 10.0. The molecule has 2 aromatic rings. The van der Waals surface area contributed by atoms with Crippen molar-refractivity contribution in [3.63, 3.8) is 0 Å². The molecule has 1 aromatic heterocycles. The number of halogens is 1. The molecule has 0 saturated carbocycles. The molecule has 0 aliphatic carbocycles. The number of aromatic nitrogens is 1. The molecule has 0 aliphatic rings. The molecule has 5 heteroatoms. The summed E-state index contributed by atoms with van der Waals surface area (Å²) in [6.45, 7) is 0. The van der Waals surface area contributed by atoms with Crippen LogP contribution >= 0.6 is 0 Å². The van der Waals surface area contributed by atoms with Crippen LogP contribution in [0.5, 0.6) is 0 Å². The molecule has 0 unspecified atom stereocenters. The number of carbonyl (C=O) groups is 1. The molecule has 4 nitrogen and oxygen atoms in total. The van der Waals surface area contributed by atoms with Crippen LogP contribution in [0, 0.1) is 23.1 Å². The third kappa shape index (κ3) is 3.39. The van der Waals surface area contributed by atoms with Crippen LogP contribution in [0.2, 0.25) is 0 Å². The van der Waals surface area contributed by atoms with Crippen LogP contribution in [0.3, 0.4) is 0 Å². The molecule has 20 heavy (non-hydrogen) atoms. The van der Waals surface area contributed by atoms with Crippen molar-refractivity contribution < 1.29 is 9.18 Å². The van der Waals surface area contributed by atoms with E-state index in [0.717, 1.165) is 5.56 Å². The molecule has 1 N–H and O–H groups in total. The smallest absolute Gasteiger partial charge is 0.242 e. The van der Waals surface area contributed by atoms with E-state index in [4.69, 9.17) is 5.26 Å². The Hall–Kier alpha value is -2.74. The van der Waals surface area contributed by atoms with Crippen LogP contribution < -0.4 is 5.32 Å². The Labute approximate surface area is 115 Å². The quantitative estimate of drug-likeness (QED) is 0.927. The fourth-order valence-corrected chi connectivity index (χ4v) is 1.73. The van der Waals surface area contributed by atoms with E-state index in [2.05, 4.69) is 10.3 Å². The predicted molar refractivity (Wildman–Crippen MR) is 72.1 cm³/mol. The van der Waals surface area contributed by atoms with Gasteiger partial charge in [0.1, 0.15) is 11.7 Å². The number of para-hydroxylation sites is 1. The second-order valence-corrected chi connectivity index (χ2v) is 4.21. The number of hydrogen-bond acceptors (Lipinski definition) is 3. The molecule has 1 heterocycles. The van der Waals surface area contributed by atoms with Crippen LogP contribution in [0.25, 0.3) is 0 Å². The van der Waals surface area contributed by atoms with Gasteiger partial charge in [-0.3, -0.25) is 9.78 Å². The molecular formula is C15H12FN3O. The number of nitriles is 1. The summed E-state index contributed by atoms with van der Waals surface area (Å²) in [7, 11) is 0. The van der Waals surface area contributed by atoms with E-state index >= 15 is 0 Å². The van der Waals surface area contributed by atoms with E-state index in [9.17, 15) is 9.18 Å².